The van der Waals surface area contributed by atoms with Gasteiger partial charge in [0, 0.05) is 6.54 Å². The largest absolute Gasteiger partial charge is 0.330 e. The van der Waals surface area contributed by atoms with Gasteiger partial charge in [-0.1, -0.05) is 6.07 Å². The molecule has 5 nitrogen and oxygen atoms in total. The summed E-state index contributed by atoms with van der Waals surface area (Å²) in [4.78, 5) is 0.101. The number of rotatable bonds is 5. The van der Waals surface area contributed by atoms with E-state index in [4.69, 9.17) is 11.0 Å². The topological polar surface area (TPSA) is 96.0 Å². The molecule has 0 amide bonds. The number of nitrogens with zero attached hydrogens (tertiary/aromatic N) is 1. The summed E-state index contributed by atoms with van der Waals surface area (Å²) in [7, 11) is -3.52. The summed E-state index contributed by atoms with van der Waals surface area (Å²) in [5.74, 6) is 0. The fourth-order valence-electron chi connectivity index (χ4n) is 1.12. The Balaban J connectivity index is 2.86. The summed E-state index contributed by atoms with van der Waals surface area (Å²) in [6.07, 6.45) is 0.581. The van der Waals surface area contributed by atoms with E-state index in [0.29, 0.717) is 25.1 Å². The van der Waals surface area contributed by atoms with Crippen molar-refractivity contribution >= 4 is 10.0 Å². The lowest BCUT2D eigenvalue weighted by atomic mass is 10.2. The smallest absolute Gasteiger partial charge is 0.240 e. The summed E-state index contributed by atoms with van der Waals surface area (Å²) in [6.45, 7) is 0.733. The molecular weight excluding hydrogens is 226 g/mol. The zero-order valence-corrected chi connectivity index (χ0v) is 9.50. The molecule has 0 radical (unpaired) electrons. The second kappa shape index (κ2) is 5.61. The third kappa shape index (κ3) is 3.31. The summed E-state index contributed by atoms with van der Waals surface area (Å²) in [5.41, 5.74) is 5.59. The van der Waals surface area contributed by atoms with E-state index < -0.39 is 10.0 Å². The van der Waals surface area contributed by atoms with Gasteiger partial charge in [-0.2, -0.15) is 5.26 Å². The van der Waals surface area contributed by atoms with Gasteiger partial charge in [0.2, 0.25) is 10.0 Å². The summed E-state index contributed by atoms with van der Waals surface area (Å²) in [6, 6.07) is 7.77. The predicted octanol–water partition coefficient (Wildman–Crippen LogP) is 0.185. The van der Waals surface area contributed by atoms with Crippen LogP contribution in [0, 0.1) is 11.3 Å². The van der Waals surface area contributed by atoms with E-state index in [2.05, 4.69) is 4.72 Å². The van der Waals surface area contributed by atoms with Gasteiger partial charge in [-0.25, -0.2) is 13.1 Å². The molecule has 6 heteroatoms. The van der Waals surface area contributed by atoms with Crippen molar-refractivity contribution in [1.82, 2.24) is 4.72 Å². The second-order valence-corrected chi connectivity index (χ2v) is 4.95. The molecule has 0 aliphatic rings. The first kappa shape index (κ1) is 12.6. The van der Waals surface area contributed by atoms with Crippen molar-refractivity contribution in [2.75, 3.05) is 13.1 Å². The molecule has 1 rings (SSSR count). The van der Waals surface area contributed by atoms with Crippen molar-refractivity contribution in [2.45, 2.75) is 11.3 Å². The number of hydrogen-bond donors (Lipinski definition) is 2. The van der Waals surface area contributed by atoms with Crippen molar-refractivity contribution < 1.29 is 8.42 Å². The van der Waals surface area contributed by atoms with E-state index in [1.807, 2.05) is 6.07 Å². The van der Waals surface area contributed by atoms with Gasteiger partial charge in [0.05, 0.1) is 16.5 Å². The molecule has 0 unspecified atom stereocenters. The molecule has 1 aromatic rings. The Hall–Kier alpha value is -1.42. The molecule has 86 valence electrons. The third-order valence-corrected chi connectivity index (χ3v) is 3.41. The summed E-state index contributed by atoms with van der Waals surface area (Å²) >= 11 is 0. The van der Waals surface area contributed by atoms with Crippen molar-refractivity contribution in [2.24, 2.45) is 5.73 Å². The monoisotopic (exact) mass is 239 g/mol. The molecule has 0 atom stereocenters. The van der Waals surface area contributed by atoms with Crippen LogP contribution in [0.5, 0.6) is 0 Å². The minimum atomic E-state index is -3.52. The zero-order valence-electron chi connectivity index (χ0n) is 8.68. The average molecular weight is 239 g/mol. The molecule has 16 heavy (non-hydrogen) atoms. The SMILES string of the molecule is N#Cc1cccc(S(=O)(=O)NCCCN)c1. The fraction of sp³-hybridized carbons (Fsp3) is 0.300. The Morgan fingerprint density at radius 1 is 1.44 bits per heavy atom. The van der Waals surface area contributed by atoms with E-state index in [0.717, 1.165) is 0 Å². The van der Waals surface area contributed by atoms with E-state index in [9.17, 15) is 8.42 Å². The minimum absolute atomic E-state index is 0.101. The number of benzene rings is 1. The van der Waals surface area contributed by atoms with Crippen LogP contribution >= 0.6 is 0 Å². The van der Waals surface area contributed by atoms with Crippen molar-refractivity contribution in [1.29, 1.82) is 5.26 Å². The van der Waals surface area contributed by atoms with Crippen molar-refractivity contribution in [3.63, 3.8) is 0 Å². The number of sulfonamides is 1. The van der Waals surface area contributed by atoms with Gasteiger partial charge in [-0.05, 0) is 31.2 Å². The van der Waals surface area contributed by atoms with Gasteiger partial charge >= 0.3 is 0 Å². The lowest BCUT2D eigenvalue weighted by molar-refractivity contribution is 0.579. The van der Waals surface area contributed by atoms with Crippen molar-refractivity contribution in [3.8, 4) is 6.07 Å². The van der Waals surface area contributed by atoms with Crippen LogP contribution in [0.3, 0.4) is 0 Å². The summed E-state index contributed by atoms with van der Waals surface area (Å²) in [5, 5.41) is 8.66. The van der Waals surface area contributed by atoms with E-state index in [1.165, 1.54) is 18.2 Å². The first-order chi connectivity index (χ1) is 7.60. The van der Waals surface area contributed by atoms with Gasteiger partial charge in [0.1, 0.15) is 0 Å². The van der Waals surface area contributed by atoms with Gasteiger partial charge in [-0.15, -0.1) is 0 Å². The number of nitrogens with two attached hydrogens (primary N) is 1. The molecule has 0 saturated heterocycles. The molecular formula is C10H13N3O2S. The molecule has 0 aliphatic carbocycles. The lowest BCUT2D eigenvalue weighted by Gasteiger charge is -2.05. The Kier molecular flexibility index (Phi) is 4.43. The standard InChI is InChI=1S/C10H13N3O2S/c11-5-2-6-13-16(14,15)10-4-1-3-9(7-10)8-12/h1,3-4,7,13H,2,5-6,11H2. The van der Waals surface area contributed by atoms with Gasteiger partial charge in [0.15, 0.2) is 0 Å². The highest BCUT2D eigenvalue weighted by molar-refractivity contribution is 7.89. The number of nitriles is 1. The minimum Gasteiger partial charge on any atom is -0.330 e. The highest BCUT2D eigenvalue weighted by Gasteiger charge is 2.13. The molecule has 0 aliphatic heterocycles. The van der Waals surface area contributed by atoms with E-state index in [-0.39, 0.29) is 4.90 Å². The van der Waals surface area contributed by atoms with Crippen LogP contribution in [0.15, 0.2) is 29.2 Å². The van der Waals surface area contributed by atoms with Crippen LogP contribution in [-0.4, -0.2) is 21.5 Å². The van der Waals surface area contributed by atoms with Crippen LogP contribution < -0.4 is 10.5 Å². The molecule has 0 saturated carbocycles. The van der Waals surface area contributed by atoms with Crippen LogP contribution in [0.4, 0.5) is 0 Å². The second-order valence-electron chi connectivity index (χ2n) is 3.18. The first-order valence-corrected chi connectivity index (χ1v) is 6.28. The third-order valence-electron chi connectivity index (χ3n) is 1.95. The predicted molar refractivity (Wildman–Crippen MR) is 60.0 cm³/mol. The van der Waals surface area contributed by atoms with Crippen LogP contribution in [0.2, 0.25) is 0 Å². The molecule has 0 heterocycles. The van der Waals surface area contributed by atoms with Crippen LogP contribution in [-0.2, 0) is 10.0 Å². The maximum atomic E-state index is 11.7. The van der Waals surface area contributed by atoms with Gasteiger partial charge < -0.3 is 5.73 Å². The number of nitrogens with one attached hydrogen (secondary N) is 1. The van der Waals surface area contributed by atoms with E-state index in [1.54, 1.807) is 6.07 Å². The maximum absolute atomic E-state index is 11.7. The molecule has 0 bridgehead atoms. The first-order valence-electron chi connectivity index (χ1n) is 4.80. The highest BCUT2D eigenvalue weighted by atomic mass is 32.2. The Labute approximate surface area is 94.9 Å². The normalized spacial score (nSPS) is 11.0. The maximum Gasteiger partial charge on any atom is 0.240 e. The molecule has 0 aromatic heterocycles. The van der Waals surface area contributed by atoms with Gasteiger partial charge in [-0.3, -0.25) is 0 Å². The molecule has 3 N–H and O–H groups in total. The van der Waals surface area contributed by atoms with Gasteiger partial charge in [0.25, 0.3) is 0 Å². The molecule has 0 fully saturated rings. The Morgan fingerprint density at radius 3 is 2.81 bits per heavy atom. The Morgan fingerprint density at radius 2 is 2.19 bits per heavy atom. The fourth-order valence-corrected chi connectivity index (χ4v) is 2.24. The zero-order chi connectivity index (χ0) is 12.0. The average Bonchev–Trinajstić information content (AvgIpc) is 2.29. The quantitative estimate of drug-likeness (QED) is 0.717. The molecule has 1 aromatic carbocycles. The highest BCUT2D eigenvalue weighted by Crippen LogP contribution is 2.10. The van der Waals surface area contributed by atoms with Crippen LogP contribution in [0.25, 0.3) is 0 Å². The lowest BCUT2D eigenvalue weighted by Crippen LogP contribution is -2.26. The molecule has 0 spiro atoms. The van der Waals surface area contributed by atoms with E-state index >= 15 is 0 Å². The van der Waals surface area contributed by atoms with Crippen molar-refractivity contribution in [3.05, 3.63) is 29.8 Å². The summed E-state index contributed by atoms with van der Waals surface area (Å²) < 4.78 is 25.8. The van der Waals surface area contributed by atoms with Crippen LogP contribution in [0.1, 0.15) is 12.0 Å². The Bertz CT molecular complexity index is 491. The number of hydrogen-bond acceptors (Lipinski definition) is 4.